The molecule has 0 aromatic heterocycles. The number of ether oxygens (including phenoxy) is 1. The predicted octanol–water partition coefficient (Wildman–Crippen LogP) is 3.66. The number of benzene rings is 2. The number of anilines is 1. The van der Waals surface area contributed by atoms with Gasteiger partial charge in [0.25, 0.3) is 5.91 Å². The van der Waals surface area contributed by atoms with E-state index in [0.717, 1.165) is 16.9 Å². The van der Waals surface area contributed by atoms with E-state index >= 15 is 0 Å². The van der Waals surface area contributed by atoms with Gasteiger partial charge in [-0.1, -0.05) is 29.8 Å². The molecule has 2 aromatic rings. The molecular formula is C21H23N3O3. The predicted molar refractivity (Wildman–Crippen MR) is 105 cm³/mol. The Kier molecular flexibility index (Phi) is 5.45. The maximum absolute atomic E-state index is 12.9. The number of hydrogen-bond donors (Lipinski definition) is 3. The third-order valence-electron chi connectivity index (χ3n) is 4.35. The highest BCUT2D eigenvalue weighted by Gasteiger charge is 2.31. The van der Waals surface area contributed by atoms with E-state index in [9.17, 15) is 9.59 Å². The van der Waals surface area contributed by atoms with Crippen LogP contribution in [-0.4, -0.2) is 18.5 Å². The molecule has 6 heteroatoms. The number of nitrogens with one attached hydrogen (secondary N) is 3. The molecule has 140 valence electrons. The lowest BCUT2D eigenvalue weighted by molar-refractivity contribution is -0.113. The highest BCUT2D eigenvalue weighted by molar-refractivity contribution is 6.06. The number of carbonyl (C=O) groups excluding carboxylic acids is 2. The molecule has 0 saturated heterocycles. The Balaban J connectivity index is 1.89. The van der Waals surface area contributed by atoms with Crippen molar-refractivity contribution in [2.75, 3.05) is 11.9 Å². The van der Waals surface area contributed by atoms with Crippen LogP contribution in [0.3, 0.4) is 0 Å². The van der Waals surface area contributed by atoms with Crippen LogP contribution in [0.25, 0.3) is 0 Å². The summed E-state index contributed by atoms with van der Waals surface area (Å²) >= 11 is 0. The minimum atomic E-state index is -0.542. The number of allylic oxidation sites excluding steroid dienone is 1. The Morgan fingerprint density at radius 3 is 2.37 bits per heavy atom. The first-order valence-corrected chi connectivity index (χ1v) is 8.87. The monoisotopic (exact) mass is 365 g/mol. The van der Waals surface area contributed by atoms with Gasteiger partial charge >= 0.3 is 6.03 Å². The van der Waals surface area contributed by atoms with Crippen molar-refractivity contribution in [3.8, 4) is 5.75 Å². The van der Waals surface area contributed by atoms with Crippen molar-refractivity contribution in [1.82, 2.24) is 10.6 Å². The van der Waals surface area contributed by atoms with Crippen LogP contribution in [0.2, 0.25) is 0 Å². The van der Waals surface area contributed by atoms with E-state index in [1.807, 2.05) is 62.4 Å². The van der Waals surface area contributed by atoms with Crippen LogP contribution < -0.4 is 20.7 Å². The van der Waals surface area contributed by atoms with Gasteiger partial charge in [-0.15, -0.1) is 0 Å². The second-order valence-corrected chi connectivity index (χ2v) is 6.39. The van der Waals surface area contributed by atoms with Crippen molar-refractivity contribution >= 4 is 17.6 Å². The number of aryl methyl sites for hydroxylation is 1. The molecule has 0 bridgehead atoms. The fraction of sp³-hybridized carbons (Fsp3) is 0.238. The van der Waals surface area contributed by atoms with Crippen LogP contribution in [-0.2, 0) is 4.79 Å². The Hall–Kier alpha value is -3.28. The highest BCUT2D eigenvalue weighted by atomic mass is 16.5. The lowest BCUT2D eigenvalue weighted by Crippen LogP contribution is -2.45. The van der Waals surface area contributed by atoms with Gasteiger partial charge in [-0.05, 0) is 50.6 Å². The number of hydrogen-bond acceptors (Lipinski definition) is 3. The molecule has 1 heterocycles. The maximum atomic E-state index is 12.9. The average molecular weight is 365 g/mol. The van der Waals surface area contributed by atoms with Crippen molar-refractivity contribution in [2.24, 2.45) is 0 Å². The van der Waals surface area contributed by atoms with Crippen molar-refractivity contribution in [3.63, 3.8) is 0 Å². The van der Waals surface area contributed by atoms with Gasteiger partial charge in [0, 0.05) is 11.4 Å². The van der Waals surface area contributed by atoms with Crippen LogP contribution >= 0.6 is 0 Å². The molecule has 2 aromatic carbocycles. The smallest absolute Gasteiger partial charge is 0.319 e. The van der Waals surface area contributed by atoms with E-state index in [1.165, 1.54) is 0 Å². The highest BCUT2D eigenvalue weighted by Crippen LogP contribution is 2.29. The summed E-state index contributed by atoms with van der Waals surface area (Å²) in [5.74, 6) is 0.482. The van der Waals surface area contributed by atoms with Crippen LogP contribution in [0.15, 0.2) is 59.8 Å². The standard InChI is InChI=1S/C21H23N3O3/c1-4-27-17-11-7-15(8-12-17)19-18(14(3)22-21(26)24-19)20(25)23-16-9-5-13(2)6-10-16/h5-12,19H,4H2,1-3H3,(H,23,25)(H2,22,24,26)/t19-/m1/s1. The molecule has 3 rings (SSSR count). The first-order chi connectivity index (χ1) is 13.0. The lowest BCUT2D eigenvalue weighted by atomic mass is 9.94. The largest absolute Gasteiger partial charge is 0.494 e. The van der Waals surface area contributed by atoms with E-state index in [4.69, 9.17) is 4.74 Å². The zero-order chi connectivity index (χ0) is 19.4. The molecule has 27 heavy (non-hydrogen) atoms. The molecule has 0 radical (unpaired) electrons. The third kappa shape index (κ3) is 4.28. The second kappa shape index (κ2) is 7.95. The fourth-order valence-electron chi connectivity index (χ4n) is 3.00. The summed E-state index contributed by atoms with van der Waals surface area (Å²) in [5, 5.41) is 8.41. The molecular weight excluding hydrogens is 342 g/mol. The van der Waals surface area contributed by atoms with Crippen LogP contribution in [0, 0.1) is 6.92 Å². The van der Waals surface area contributed by atoms with Crippen molar-refractivity contribution in [2.45, 2.75) is 26.8 Å². The normalized spacial score (nSPS) is 16.4. The van der Waals surface area contributed by atoms with Gasteiger partial charge in [0.2, 0.25) is 0 Å². The molecule has 0 aliphatic carbocycles. The van der Waals surface area contributed by atoms with Crippen molar-refractivity contribution in [3.05, 3.63) is 70.9 Å². The summed E-state index contributed by atoms with van der Waals surface area (Å²) in [6, 6.07) is 14.1. The van der Waals surface area contributed by atoms with E-state index in [2.05, 4.69) is 16.0 Å². The Bertz CT molecular complexity index is 871. The number of urea groups is 1. The summed E-state index contributed by atoms with van der Waals surface area (Å²) in [5.41, 5.74) is 3.62. The van der Waals surface area contributed by atoms with Gasteiger partial charge in [0.15, 0.2) is 0 Å². The minimum Gasteiger partial charge on any atom is -0.494 e. The Labute approximate surface area is 158 Å². The summed E-state index contributed by atoms with van der Waals surface area (Å²) in [6.07, 6.45) is 0. The SMILES string of the molecule is CCOc1ccc([C@H]2NC(=O)NC(C)=C2C(=O)Nc2ccc(C)cc2)cc1. The first kappa shape index (κ1) is 18.5. The molecule has 0 spiro atoms. The van der Waals surface area contributed by atoms with Gasteiger partial charge in [-0.25, -0.2) is 4.79 Å². The van der Waals surface area contributed by atoms with Gasteiger partial charge in [0.1, 0.15) is 5.75 Å². The van der Waals surface area contributed by atoms with E-state index in [1.54, 1.807) is 6.92 Å². The quantitative estimate of drug-likeness (QED) is 0.756. The maximum Gasteiger partial charge on any atom is 0.319 e. The lowest BCUT2D eigenvalue weighted by Gasteiger charge is -2.28. The van der Waals surface area contributed by atoms with E-state index < -0.39 is 6.04 Å². The minimum absolute atomic E-state index is 0.261. The van der Waals surface area contributed by atoms with Gasteiger partial charge in [-0.2, -0.15) is 0 Å². The number of carbonyl (C=O) groups is 2. The number of amides is 3. The van der Waals surface area contributed by atoms with E-state index in [0.29, 0.717) is 23.6 Å². The van der Waals surface area contributed by atoms with Crippen LogP contribution in [0.4, 0.5) is 10.5 Å². The molecule has 0 saturated carbocycles. The Morgan fingerprint density at radius 2 is 1.74 bits per heavy atom. The number of rotatable bonds is 5. The van der Waals surface area contributed by atoms with Crippen molar-refractivity contribution < 1.29 is 14.3 Å². The Morgan fingerprint density at radius 1 is 1.07 bits per heavy atom. The van der Waals surface area contributed by atoms with Gasteiger partial charge < -0.3 is 20.7 Å². The van der Waals surface area contributed by atoms with Gasteiger partial charge in [-0.3, -0.25) is 4.79 Å². The molecule has 3 N–H and O–H groups in total. The summed E-state index contributed by atoms with van der Waals surface area (Å²) in [6.45, 7) is 6.21. The first-order valence-electron chi connectivity index (χ1n) is 8.87. The molecule has 1 aliphatic rings. The molecule has 0 fully saturated rings. The molecule has 3 amide bonds. The fourth-order valence-corrected chi connectivity index (χ4v) is 3.00. The zero-order valence-electron chi connectivity index (χ0n) is 15.6. The summed E-state index contributed by atoms with van der Waals surface area (Å²) in [4.78, 5) is 24.9. The third-order valence-corrected chi connectivity index (χ3v) is 4.35. The average Bonchev–Trinajstić information content (AvgIpc) is 2.64. The summed E-state index contributed by atoms with van der Waals surface area (Å²) < 4.78 is 5.46. The molecule has 6 nitrogen and oxygen atoms in total. The van der Waals surface area contributed by atoms with Crippen molar-refractivity contribution in [1.29, 1.82) is 0 Å². The van der Waals surface area contributed by atoms with Crippen LogP contribution in [0.1, 0.15) is 31.0 Å². The topological polar surface area (TPSA) is 79.5 Å². The summed E-state index contributed by atoms with van der Waals surface area (Å²) in [7, 11) is 0. The van der Waals surface area contributed by atoms with E-state index in [-0.39, 0.29) is 11.9 Å². The second-order valence-electron chi connectivity index (χ2n) is 6.39. The molecule has 0 unspecified atom stereocenters. The zero-order valence-corrected chi connectivity index (χ0v) is 15.6. The molecule has 1 atom stereocenters. The van der Waals surface area contributed by atoms with Gasteiger partial charge in [0.05, 0.1) is 18.2 Å². The molecule has 1 aliphatic heterocycles. The van der Waals surface area contributed by atoms with Crippen LogP contribution in [0.5, 0.6) is 5.75 Å².